The first-order valence-corrected chi connectivity index (χ1v) is 8.89. The van der Waals surface area contributed by atoms with Gasteiger partial charge in [0.2, 0.25) is 10.0 Å². The first kappa shape index (κ1) is 17.6. The second kappa shape index (κ2) is 7.68. The lowest BCUT2D eigenvalue weighted by atomic mass is 10.0. The standard InChI is InChI=1S/C17H20FNO3S/c1-13-4-6-14(7-5-13)15-8-9-17(16(18)12-15)23(21,22)19-10-2-3-11-20/h4-9,12,19-20H,2-3,10-11H2,1H3. The summed E-state index contributed by atoms with van der Waals surface area (Å²) >= 11 is 0. The van der Waals surface area contributed by atoms with Crippen LogP contribution >= 0.6 is 0 Å². The molecule has 0 atom stereocenters. The van der Waals surface area contributed by atoms with Crippen LogP contribution in [-0.2, 0) is 10.0 Å². The van der Waals surface area contributed by atoms with Crippen molar-refractivity contribution in [2.24, 2.45) is 0 Å². The number of aryl methyl sites for hydroxylation is 1. The molecule has 0 fully saturated rings. The summed E-state index contributed by atoms with van der Waals surface area (Å²) in [5, 5.41) is 8.68. The van der Waals surface area contributed by atoms with Crippen molar-refractivity contribution < 1.29 is 17.9 Å². The molecular weight excluding hydrogens is 317 g/mol. The Morgan fingerprint density at radius 2 is 1.70 bits per heavy atom. The number of unbranched alkanes of at least 4 members (excludes halogenated alkanes) is 1. The molecule has 4 nitrogen and oxygen atoms in total. The van der Waals surface area contributed by atoms with Crippen LogP contribution in [0.4, 0.5) is 4.39 Å². The van der Waals surface area contributed by atoms with E-state index in [9.17, 15) is 12.8 Å². The van der Waals surface area contributed by atoms with Crippen molar-refractivity contribution in [1.82, 2.24) is 4.72 Å². The molecule has 2 aromatic rings. The fraction of sp³-hybridized carbons (Fsp3) is 0.294. The van der Waals surface area contributed by atoms with E-state index in [4.69, 9.17) is 5.11 Å². The molecule has 0 aliphatic carbocycles. The smallest absolute Gasteiger partial charge is 0.243 e. The topological polar surface area (TPSA) is 66.4 Å². The third kappa shape index (κ3) is 4.60. The molecule has 0 unspecified atom stereocenters. The summed E-state index contributed by atoms with van der Waals surface area (Å²) in [5.41, 5.74) is 2.55. The van der Waals surface area contributed by atoms with Crippen LogP contribution in [-0.4, -0.2) is 26.7 Å². The van der Waals surface area contributed by atoms with Crippen molar-refractivity contribution in [3.8, 4) is 11.1 Å². The van der Waals surface area contributed by atoms with Crippen LogP contribution in [0, 0.1) is 12.7 Å². The van der Waals surface area contributed by atoms with Crippen LogP contribution in [0.2, 0.25) is 0 Å². The van der Waals surface area contributed by atoms with Crippen molar-refractivity contribution in [1.29, 1.82) is 0 Å². The van der Waals surface area contributed by atoms with Gasteiger partial charge in [0, 0.05) is 13.2 Å². The summed E-state index contributed by atoms with van der Waals surface area (Å²) in [6.07, 6.45) is 0.996. The van der Waals surface area contributed by atoms with E-state index in [0.717, 1.165) is 11.1 Å². The molecule has 0 bridgehead atoms. The van der Waals surface area contributed by atoms with Crippen molar-refractivity contribution in [3.05, 3.63) is 53.8 Å². The maximum atomic E-state index is 14.2. The molecule has 0 spiro atoms. The van der Waals surface area contributed by atoms with Gasteiger partial charge in [0.1, 0.15) is 10.7 Å². The molecule has 6 heteroatoms. The molecule has 0 aliphatic heterocycles. The van der Waals surface area contributed by atoms with Crippen LogP contribution in [0.5, 0.6) is 0 Å². The molecule has 0 saturated carbocycles. The molecule has 2 rings (SSSR count). The molecule has 0 aromatic heterocycles. The number of halogens is 1. The number of hydrogen-bond acceptors (Lipinski definition) is 3. The summed E-state index contributed by atoms with van der Waals surface area (Å²) in [5.74, 6) is -0.780. The zero-order valence-electron chi connectivity index (χ0n) is 12.9. The minimum Gasteiger partial charge on any atom is -0.396 e. The lowest BCUT2D eigenvalue weighted by Gasteiger charge is -2.09. The van der Waals surface area contributed by atoms with E-state index >= 15 is 0 Å². The number of aliphatic hydroxyl groups excluding tert-OH is 1. The average Bonchev–Trinajstić information content (AvgIpc) is 2.52. The Hall–Kier alpha value is -1.76. The predicted molar refractivity (Wildman–Crippen MR) is 88.1 cm³/mol. The summed E-state index contributed by atoms with van der Waals surface area (Å²) in [4.78, 5) is -0.364. The monoisotopic (exact) mass is 337 g/mol. The van der Waals surface area contributed by atoms with Gasteiger partial charge in [-0.15, -0.1) is 0 Å². The number of benzene rings is 2. The highest BCUT2D eigenvalue weighted by Gasteiger charge is 2.19. The maximum Gasteiger partial charge on any atom is 0.243 e. The van der Waals surface area contributed by atoms with Crippen molar-refractivity contribution in [2.45, 2.75) is 24.7 Å². The lowest BCUT2D eigenvalue weighted by molar-refractivity contribution is 0.285. The quantitative estimate of drug-likeness (QED) is 0.764. The third-order valence-corrected chi connectivity index (χ3v) is 4.98. The number of rotatable bonds is 7. The molecular formula is C17H20FNO3S. The molecule has 0 amide bonds. The summed E-state index contributed by atoms with van der Waals surface area (Å²) in [7, 11) is -3.88. The van der Waals surface area contributed by atoms with E-state index in [1.54, 1.807) is 6.07 Å². The van der Waals surface area contributed by atoms with Gasteiger partial charge in [-0.05, 0) is 43.0 Å². The number of sulfonamides is 1. The van der Waals surface area contributed by atoms with Crippen LogP contribution in [0.1, 0.15) is 18.4 Å². The Bertz CT molecular complexity index is 758. The van der Waals surface area contributed by atoms with Gasteiger partial charge in [-0.2, -0.15) is 0 Å². The molecule has 0 aliphatic rings. The second-order valence-electron chi connectivity index (χ2n) is 5.34. The summed E-state index contributed by atoms with van der Waals surface area (Å²) in [6.45, 7) is 2.13. The van der Waals surface area contributed by atoms with Gasteiger partial charge in [0.25, 0.3) is 0 Å². The van der Waals surface area contributed by atoms with E-state index in [-0.39, 0.29) is 18.0 Å². The minimum absolute atomic E-state index is 0.00133. The zero-order valence-corrected chi connectivity index (χ0v) is 13.7. The van der Waals surface area contributed by atoms with Crippen molar-refractivity contribution in [2.75, 3.05) is 13.2 Å². The van der Waals surface area contributed by atoms with Gasteiger partial charge in [-0.3, -0.25) is 0 Å². The fourth-order valence-electron chi connectivity index (χ4n) is 2.17. The number of aliphatic hydroxyl groups is 1. The SMILES string of the molecule is Cc1ccc(-c2ccc(S(=O)(=O)NCCCCO)c(F)c2)cc1. The van der Waals surface area contributed by atoms with Gasteiger partial charge < -0.3 is 5.11 Å². The highest BCUT2D eigenvalue weighted by molar-refractivity contribution is 7.89. The molecule has 124 valence electrons. The predicted octanol–water partition coefficient (Wildman–Crippen LogP) is 2.85. The molecule has 23 heavy (non-hydrogen) atoms. The molecule has 2 N–H and O–H groups in total. The highest BCUT2D eigenvalue weighted by Crippen LogP contribution is 2.24. The van der Waals surface area contributed by atoms with Crippen LogP contribution in [0.3, 0.4) is 0 Å². The fourth-order valence-corrected chi connectivity index (χ4v) is 3.30. The third-order valence-electron chi connectivity index (χ3n) is 3.48. The molecule has 0 radical (unpaired) electrons. The Balaban J connectivity index is 2.20. The van der Waals surface area contributed by atoms with Crippen LogP contribution < -0.4 is 4.72 Å². The Kier molecular flexibility index (Phi) is 5.87. The van der Waals surface area contributed by atoms with E-state index in [0.29, 0.717) is 18.4 Å². The first-order chi connectivity index (χ1) is 10.9. The number of hydrogen-bond donors (Lipinski definition) is 2. The van der Waals surface area contributed by atoms with Gasteiger partial charge in [0.15, 0.2) is 0 Å². The molecule has 2 aromatic carbocycles. The normalized spacial score (nSPS) is 11.6. The van der Waals surface area contributed by atoms with Crippen LogP contribution in [0.15, 0.2) is 47.4 Å². The largest absolute Gasteiger partial charge is 0.396 e. The maximum absolute atomic E-state index is 14.2. The Labute approximate surface area is 136 Å². The van der Waals surface area contributed by atoms with Crippen molar-refractivity contribution in [3.63, 3.8) is 0 Å². The van der Waals surface area contributed by atoms with Crippen LogP contribution in [0.25, 0.3) is 11.1 Å². The average molecular weight is 337 g/mol. The molecule has 0 heterocycles. The second-order valence-corrected chi connectivity index (χ2v) is 7.08. The van der Waals surface area contributed by atoms with E-state index in [2.05, 4.69) is 4.72 Å². The highest BCUT2D eigenvalue weighted by atomic mass is 32.2. The first-order valence-electron chi connectivity index (χ1n) is 7.41. The molecule has 0 saturated heterocycles. The zero-order chi connectivity index (χ0) is 16.9. The summed E-state index contributed by atoms with van der Waals surface area (Å²) < 4.78 is 40.8. The summed E-state index contributed by atoms with van der Waals surface area (Å²) in [6, 6.07) is 11.7. The lowest BCUT2D eigenvalue weighted by Crippen LogP contribution is -2.25. The Morgan fingerprint density at radius 3 is 2.30 bits per heavy atom. The van der Waals surface area contributed by atoms with Gasteiger partial charge in [-0.25, -0.2) is 17.5 Å². The minimum atomic E-state index is -3.88. The van der Waals surface area contributed by atoms with E-state index in [1.807, 2.05) is 31.2 Å². The van der Waals surface area contributed by atoms with Crippen molar-refractivity contribution >= 4 is 10.0 Å². The Morgan fingerprint density at radius 1 is 1.04 bits per heavy atom. The van der Waals surface area contributed by atoms with Gasteiger partial charge in [0.05, 0.1) is 0 Å². The van der Waals surface area contributed by atoms with E-state index in [1.165, 1.54) is 12.1 Å². The van der Waals surface area contributed by atoms with E-state index < -0.39 is 15.8 Å². The van der Waals surface area contributed by atoms with Gasteiger partial charge in [-0.1, -0.05) is 35.9 Å². The van der Waals surface area contributed by atoms with Gasteiger partial charge >= 0.3 is 0 Å². The number of nitrogens with one attached hydrogen (secondary N) is 1.